The number of amides is 2. The summed E-state index contributed by atoms with van der Waals surface area (Å²) in [6.07, 6.45) is 4.98. The Bertz CT molecular complexity index is 811. The van der Waals surface area contributed by atoms with Crippen LogP contribution in [0.4, 0.5) is 0 Å². The van der Waals surface area contributed by atoms with Gasteiger partial charge in [0.2, 0.25) is 11.8 Å². The molecule has 0 bridgehead atoms. The van der Waals surface area contributed by atoms with Gasteiger partial charge in [-0.3, -0.25) is 9.59 Å². The minimum Gasteiger partial charge on any atom is -0.490 e. The predicted molar refractivity (Wildman–Crippen MR) is 98.9 cm³/mol. The lowest BCUT2D eigenvalue weighted by atomic mass is 9.96. The molecule has 2 amide bonds. The van der Waals surface area contributed by atoms with Crippen molar-refractivity contribution in [3.05, 3.63) is 30.5 Å². The number of aryl methyl sites for hydroxylation is 1. The minimum absolute atomic E-state index is 0.0521. The Hall–Kier alpha value is -2.50. The van der Waals surface area contributed by atoms with E-state index >= 15 is 0 Å². The topological polar surface area (TPSA) is 63.6 Å². The van der Waals surface area contributed by atoms with Crippen molar-refractivity contribution in [1.29, 1.82) is 0 Å². The van der Waals surface area contributed by atoms with Crippen LogP contribution in [-0.4, -0.2) is 47.0 Å². The lowest BCUT2D eigenvalue weighted by Crippen LogP contribution is -2.48. The molecule has 2 aromatic rings. The Morgan fingerprint density at radius 1 is 1.19 bits per heavy atom. The van der Waals surface area contributed by atoms with E-state index in [9.17, 15) is 9.59 Å². The number of likely N-dealkylation sites (tertiary alicyclic amines) is 1. The van der Waals surface area contributed by atoms with E-state index in [-0.39, 0.29) is 23.8 Å². The van der Waals surface area contributed by atoms with Crippen molar-refractivity contribution < 1.29 is 14.3 Å². The normalized spacial score (nSPS) is 21.7. The van der Waals surface area contributed by atoms with Crippen LogP contribution in [0.1, 0.15) is 25.7 Å². The summed E-state index contributed by atoms with van der Waals surface area (Å²) in [6.45, 7) is 1.92. The third-order valence-corrected chi connectivity index (χ3v) is 5.55. The van der Waals surface area contributed by atoms with Gasteiger partial charge in [0.15, 0.2) is 0 Å². The zero-order valence-corrected chi connectivity index (χ0v) is 15.1. The summed E-state index contributed by atoms with van der Waals surface area (Å²) in [5, 5.41) is 3.93. The number of benzene rings is 1. The molecule has 0 aliphatic carbocycles. The van der Waals surface area contributed by atoms with Crippen molar-refractivity contribution in [2.24, 2.45) is 13.0 Å². The molecule has 1 aromatic heterocycles. The van der Waals surface area contributed by atoms with Crippen molar-refractivity contribution in [3.8, 4) is 5.75 Å². The van der Waals surface area contributed by atoms with Gasteiger partial charge in [-0.1, -0.05) is 6.07 Å². The first-order valence-electron chi connectivity index (χ1n) is 9.38. The van der Waals surface area contributed by atoms with Gasteiger partial charge in [0.05, 0.1) is 11.4 Å². The van der Waals surface area contributed by atoms with Gasteiger partial charge in [0.25, 0.3) is 0 Å². The molecule has 1 aromatic carbocycles. The van der Waals surface area contributed by atoms with Gasteiger partial charge in [-0.25, -0.2) is 0 Å². The first-order valence-corrected chi connectivity index (χ1v) is 9.38. The Morgan fingerprint density at radius 2 is 2.00 bits per heavy atom. The number of aromatic nitrogens is 1. The maximum Gasteiger partial charge on any atom is 0.227 e. The molecule has 138 valence electrons. The molecular weight excluding hydrogens is 330 g/mol. The number of nitrogens with zero attached hydrogens (tertiary/aromatic N) is 2. The summed E-state index contributed by atoms with van der Waals surface area (Å²) < 4.78 is 8.35. The van der Waals surface area contributed by atoms with E-state index in [1.54, 1.807) is 0 Å². The van der Waals surface area contributed by atoms with Gasteiger partial charge in [-0.15, -0.1) is 0 Å². The van der Waals surface area contributed by atoms with Gasteiger partial charge in [-0.2, -0.15) is 0 Å². The number of hydrogen-bond acceptors (Lipinski definition) is 3. The highest BCUT2D eigenvalue weighted by Crippen LogP contribution is 2.29. The van der Waals surface area contributed by atoms with Crippen molar-refractivity contribution in [2.45, 2.75) is 31.8 Å². The summed E-state index contributed by atoms with van der Waals surface area (Å²) >= 11 is 0. The molecule has 1 N–H and O–H groups in total. The molecule has 26 heavy (non-hydrogen) atoms. The minimum atomic E-state index is -0.0664. The molecule has 2 fully saturated rings. The van der Waals surface area contributed by atoms with Crippen molar-refractivity contribution in [2.75, 3.05) is 19.6 Å². The van der Waals surface area contributed by atoms with Crippen LogP contribution in [0.25, 0.3) is 10.9 Å². The third-order valence-electron chi connectivity index (χ3n) is 5.55. The van der Waals surface area contributed by atoms with Crippen LogP contribution < -0.4 is 10.1 Å². The Morgan fingerprint density at radius 3 is 2.73 bits per heavy atom. The molecule has 0 spiro atoms. The Balaban J connectivity index is 1.35. The maximum absolute atomic E-state index is 12.6. The van der Waals surface area contributed by atoms with Crippen LogP contribution in [0.15, 0.2) is 30.5 Å². The summed E-state index contributed by atoms with van der Waals surface area (Å²) in [6, 6.07) is 8.21. The molecule has 2 aliphatic heterocycles. The second-order valence-corrected chi connectivity index (χ2v) is 7.30. The summed E-state index contributed by atoms with van der Waals surface area (Å²) in [5.41, 5.74) is 1.16. The summed E-state index contributed by atoms with van der Waals surface area (Å²) in [5.74, 6) is 1.08. The highest BCUT2D eigenvalue weighted by molar-refractivity contribution is 5.86. The van der Waals surface area contributed by atoms with E-state index in [2.05, 4.69) is 22.0 Å². The fourth-order valence-electron chi connectivity index (χ4n) is 3.95. The molecule has 4 rings (SSSR count). The highest BCUT2D eigenvalue weighted by Gasteiger charge is 2.31. The molecule has 2 aliphatic rings. The molecule has 0 saturated carbocycles. The number of ether oxygens (including phenoxy) is 1. The highest BCUT2D eigenvalue weighted by atomic mass is 16.5. The van der Waals surface area contributed by atoms with Crippen LogP contribution in [0.3, 0.4) is 0 Å². The van der Waals surface area contributed by atoms with Crippen LogP contribution in [0, 0.1) is 5.92 Å². The quantitative estimate of drug-likeness (QED) is 0.917. The first kappa shape index (κ1) is 16.9. The Kier molecular flexibility index (Phi) is 4.57. The van der Waals surface area contributed by atoms with Gasteiger partial charge in [0.1, 0.15) is 11.9 Å². The van der Waals surface area contributed by atoms with E-state index in [1.807, 2.05) is 30.3 Å². The van der Waals surface area contributed by atoms with Gasteiger partial charge >= 0.3 is 0 Å². The van der Waals surface area contributed by atoms with E-state index in [4.69, 9.17) is 4.74 Å². The Labute approximate surface area is 153 Å². The number of nitrogens with one attached hydrogen (secondary N) is 1. The van der Waals surface area contributed by atoms with E-state index in [1.165, 1.54) is 0 Å². The molecule has 3 heterocycles. The fourth-order valence-corrected chi connectivity index (χ4v) is 3.95. The van der Waals surface area contributed by atoms with Crippen molar-refractivity contribution in [3.63, 3.8) is 0 Å². The first-order chi connectivity index (χ1) is 12.6. The molecule has 6 heteroatoms. The van der Waals surface area contributed by atoms with E-state index in [0.717, 1.165) is 42.6 Å². The maximum atomic E-state index is 12.6. The number of hydrogen-bond donors (Lipinski definition) is 1. The zero-order valence-electron chi connectivity index (χ0n) is 15.1. The van der Waals surface area contributed by atoms with Crippen LogP contribution in [0.5, 0.6) is 5.75 Å². The third kappa shape index (κ3) is 3.28. The summed E-state index contributed by atoms with van der Waals surface area (Å²) in [7, 11) is 2.03. The number of fused-ring (bicyclic) bond motifs is 1. The molecule has 1 unspecified atom stereocenters. The fraction of sp³-hybridized carbons (Fsp3) is 0.500. The summed E-state index contributed by atoms with van der Waals surface area (Å²) in [4.78, 5) is 25.8. The van der Waals surface area contributed by atoms with Crippen LogP contribution in [0.2, 0.25) is 0 Å². The second-order valence-electron chi connectivity index (χ2n) is 7.30. The van der Waals surface area contributed by atoms with Crippen LogP contribution >= 0.6 is 0 Å². The standard InChI is InChI=1S/C20H25N3O3/c1-22-10-9-16-17(22)3-2-4-18(16)26-15-7-11-23(12-8-15)20(25)14-5-6-19(24)21-13-14/h2-4,9-10,14-15H,5-8,11-13H2,1H3,(H,21,24). The van der Waals surface area contributed by atoms with Gasteiger partial charge in [0, 0.05) is 57.5 Å². The average molecular weight is 355 g/mol. The molecule has 6 nitrogen and oxygen atoms in total. The van der Waals surface area contributed by atoms with E-state index < -0.39 is 0 Å². The molecular formula is C20H25N3O3. The largest absolute Gasteiger partial charge is 0.490 e. The molecule has 0 radical (unpaired) electrons. The van der Waals surface area contributed by atoms with Gasteiger partial charge < -0.3 is 19.5 Å². The van der Waals surface area contributed by atoms with Gasteiger partial charge in [-0.05, 0) is 24.6 Å². The van der Waals surface area contributed by atoms with Crippen molar-refractivity contribution >= 4 is 22.7 Å². The van der Waals surface area contributed by atoms with Crippen LogP contribution in [-0.2, 0) is 16.6 Å². The van der Waals surface area contributed by atoms with Crippen molar-refractivity contribution in [1.82, 2.24) is 14.8 Å². The number of rotatable bonds is 3. The SMILES string of the molecule is Cn1ccc2c(OC3CCN(C(=O)C4CCC(=O)NC4)CC3)cccc21. The number of piperidine rings is 2. The predicted octanol–water partition coefficient (Wildman–Crippen LogP) is 2.07. The number of carbonyl (C=O) groups excluding carboxylic acids is 2. The lowest BCUT2D eigenvalue weighted by Gasteiger charge is -2.35. The smallest absolute Gasteiger partial charge is 0.227 e. The zero-order chi connectivity index (χ0) is 18.1. The average Bonchev–Trinajstić information content (AvgIpc) is 3.05. The molecule has 1 atom stereocenters. The second kappa shape index (κ2) is 7.02. The lowest BCUT2D eigenvalue weighted by molar-refractivity contribution is -0.139. The monoisotopic (exact) mass is 355 g/mol. The van der Waals surface area contributed by atoms with E-state index in [0.29, 0.717) is 19.4 Å². The molecule has 2 saturated heterocycles. The number of carbonyl (C=O) groups is 2.